The minimum absolute atomic E-state index is 0.466. The molecule has 0 saturated heterocycles. The molecule has 0 aliphatic rings. The van der Waals surface area contributed by atoms with Crippen molar-refractivity contribution in [2.24, 2.45) is 0 Å². The average molecular weight is 233 g/mol. The summed E-state index contributed by atoms with van der Waals surface area (Å²) in [5.41, 5.74) is 0. The molecular weight excluding hydrogens is 219 g/mol. The molecular formula is C10H14ClO2P. The van der Waals surface area contributed by atoms with Crippen LogP contribution in [0.5, 0.6) is 0 Å². The molecule has 4 heteroatoms. The second kappa shape index (κ2) is 4.97. The van der Waals surface area contributed by atoms with Gasteiger partial charge < -0.3 is 4.52 Å². The van der Waals surface area contributed by atoms with Crippen LogP contribution < -0.4 is 5.30 Å². The van der Waals surface area contributed by atoms with E-state index in [-0.39, 0.29) is 0 Å². The highest BCUT2D eigenvalue weighted by molar-refractivity contribution is 7.66. The van der Waals surface area contributed by atoms with Crippen LogP contribution in [0.25, 0.3) is 0 Å². The summed E-state index contributed by atoms with van der Waals surface area (Å²) in [7, 11) is -2.63. The van der Waals surface area contributed by atoms with Crippen molar-refractivity contribution in [2.75, 3.05) is 12.8 Å². The molecule has 0 aliphatic heterocycles. The number of hydrogen-bond donors (Lipinski definition) is 0. The Labute approximate surface area is 89.7 Å². The number of hydrogen-bond acceptors (Lipinski definition) is 2. The van der Waals surface area contributed by atoms with E-state index in [0.29, 0.717) is 17.8 Å². The third-order valence-corrected chi connectivity index (χ3v) is 4.82. The highest BCUT2D eigenvalue weighted by atomic mass is 35.5. The minimum Gasteiger partial charge on any atom is -0.326 e. The maximum atomic E-state index is 12.2. The van der Waals surface area contributed by atoms with Crippen molar-refractivity contribution in [1.82, 2.24) is 0 Å². The van der Waals surface area contributed by atoms with Crippen molar-refractivity contribution in [3.63, 3.8) is 0 Å². The van der Waals surface area contributed by atoms with Gasteiger partial charge in [0, 0.05) is 16.5 Å². The summed E-state index contributed by atoms with van der Waals surface area (Å²) in [5.74, 6) is 0. The van der Waals surface area contributed by atoms with Crippen LogP contribution in [-0.4, -0.2) is 12.8 Å². The summed E-state index contributed by atoms with van der Waals surface area (Å²) in [6.07, 6.45) is 0.516. The minimum atomic E-state index is -2.63. The van der Waals surface area contributed by atoms with E-state index in [1.54, 1.807) is 24.3 Å². The van der Waals surface area contributed by atoms with Crippen LogP contribution >= 0.6 is 19.0 Å². The predicted molar refractivity (Wildman–Crippen MR) is 60.9 cm³/mol. The predicted octanol–water partition coefficient (Wildman–Crippen LogP) is 3.30. The summed E-state index contributed by atoms with van der Waals surface area (Å²) in [5, 5.41) is 1.39. The van der Waals surface area contributed by atoms with Crippen molar-refractivity contribution < 1.29 is 9.09 Å². The average Bonchev–Trinajstić information content (AvgIpc) is 2.19. The monoisotopic (exact) mass is 232 g/mol. The van der Waals surface area contributed by atoms with Gasteiger partial charge in [-0.1, -0.05) is 18.5 Å². The standard InChI is InChI=1S/C10H14ClO2P/c1-3-13-14(12,4-2)10-7-5-9(11)6-8-10/h5-8H,3-4H2,1-2H3. The molecule has 0 aliphatic carbocycles. The Hall–Kier alpha value is -0.300. The molecule has 14 heavy (non-hydrogen) atoms. The third-order valence-electron chi connectivity index (χ3n) is 1.97. The lowest BCUT2D eigenvalue weighted by Crippen LogP contribution is -2.08. The van der Waals surface area contributed by atoms with E-state index >= 15 is 0 Å². The Morgan fingerprint density at radius 1 is 1.29 bits per heavy atom. The van der Waals surface area contributed by atoms with Gasteiger partial charge in [-0.3, -0.25) is 4.57 Å². The Morgan fingerprint density at radius 3 is 2.29 bits per heavy atom. The first-order valence-corrected chi connectivity index (χ1v) is 6.81. The third kappa shape index (κ3) is 2.60. The molecule has 0 heterocycles. The zero-order valence-corrected chi connectivity index (χ0v) is 10.0. The smallest absolute Gasteiger partial charge is 0.231 e. The van der Waals surface area contributed by atoms with Crippen LogP contribution in [0.3, 0.4) is 0 Å². The summed E-state index contributed by atoms with van der Waals surface area (Å²) in [6, 6.07) is 7.00. The van der Waals surface area contributed by atoms with E-state index in [0.717, 1.165) is 5.30 Å². The van der Waals surface area contributed by atoms with E-state index in [1.165, 1.54) is 0 Å². The van der Waals surface area contributed by atoms with Crippen LogP contribution in [0.1, 0.15) is 13.8 Å². The molecule has 78 valence electrons. The van der Waals surface area contributed by atoms with Gasteiger partial charge in [0.05, 0.1) is 6.61 Å². The molecule has 1 rings (SSSR count). The van der Waals surface area contributed by atoms with Gasteiger partial charge >= 0.3 is 0 Å². The Kier molecular flexibility index (Phi) is 4.18. The Morgan fingerprint density at radius 2 is 1.86 bits per heavy atom. The number of benzene rings is 1. The van der Waals surface area contributed by atoms with E-state index in [2.05, 4.69) is 0 Å². The zero-order valence-electron chi connectivity index (χ0n) is 8.37. The van der Waals surface area contributed by atoms with Gasteiger partial charge in [-0.05, 0) is 31.2 Å². The molecule has 1 atom stereocenters. The van der Waals surface area contributed by atoms with Crippen molar-refractivity contribution >= 4 is 24.3 Å². The van der Waals surface area contributed by atoms with Crippen LogP contribution in [0.2, 0.25) is 5.02 Å². The van der Waals surface area contributed by atoms with Crippen LogP contribution in [0.15, 0.2) is 24.3 Å². The van der Waals surface area contributed by atoms with Crippen molar-refractivity contribution in [2.45, 2.75) is 13.8 Å². The summed E-state index contributed by atoms with van der Waals surface area (Å²) < 4.78 is 17.5. The second-order valence-corrected chi connectivity index (χ2v) is 6.07. The van der Waals surface area contributed by atoms with Gasteiger partial charge in [0.25, 0.3) is 0 Å². The van der Waals surface area contributed by atoms with E-state index in [1.807, 2.05) is 13.8 Å². The fourth-order valence-electron chi connectivity index (χ4n) is 1.23. The molecule has 0 saturated carbocycles. The molecule has 0 bridgehead atoms. The SMILES string of the molecule is CCOP(=O)(CC)c1ccc(Cl)cc1. The van der Waals surface area contributed by atoms with Gasteiger partial charge in [0.2, 0.25) is 7.37 Å². The lowest BCUT2D eigenvalue weighted by atomic mass is 10.4. The first kappa shape index (κ1) is 11.8. The first-order valence-electron chi connectivity index (χ1n) is 4.62. The Balaban J connectivity index is 3.00. The fourth-order valence-corrected chi connectivity index (χ4v) is 3.07. The van der Waals surface area contributed by atoms with Crippen molar-refractivity contribution in [3.05, 3.63) is 29.3 Å². The Bertz CT molecular complexity index is 334. The molecule has 0 spiro atoms. The maximum Gasteiger partial charge on any atom is 0.231 e. The quantitative estimate of drug-likeness (QED) is 0.745. The van der Waals surface area contributed by atoms with Crippen LogP contribution in [0.4, 0.5) is 0 Å². The van der Waals surface area contributed by atoms with E-state index < -0.39 is 7.37 Å². The maximum absolute atomic E-state index is 12.2. The molecule has 1 aromatic carbocycles. The van der Waals surface area contributed by atoms with Crippen molar-refractivity contribution in [3.8, 4) is 0 Å². The topological polar surface area (TPSA) is 26.3 Å². The molecule has 0 aromatic heterocycles. The highest BCUT2D eigenvalue weighted by Crippen LogP contribution is 2.44. The van der Waals surface area contributed by atoms with E-state index in [9.17, 15) is 4.57 Å². The second-order valence-electron chi connectivity index (χ2n) is 2.88. The lowest BCUT2D eigenvalue weighted by Gasteiger charge is -2.15. The first-order chi connectivity index (χ1) is 6.62. The van der Waals surface area contributed by atoms with Crippen LogP contribution in [-0.2, 0) is 9.09 Å². The molecule has 0 amide bonds. The molecule has 1 aromatic rings. The van der Waals surface area contributed by atoms with Gasteiger partial charge in [0.15, 0.2) is 0 Å². The molecule has 0 fully saturated rings. The largest absolute Gasteiger partial charge is 0.326 e. The van der Waals surface area contributed by atoms with Gasteiger partial charge in [0.1, 0.15) is 0 Å². The normalized spacial score (nSPS) is 15.1. The van der Waals surface area contributed by atoms with Gasteiger partial charge in [-0.25, -0.2) is 0 Å². The molecule has 2 nitrogen and oxygen atoms in total. The summed E-state index contributed by atoms with van der Waals surface area (Å²) in [6.45, 7) is 4.18. The van der Waals surface area contributed by atoms with Gasteiger partial charge in [-0.15, -0.1) is 0 Å². The van der Waals surface area contributed by atoms with Crippen LogP contribution in [0, 0.1) is 0 Å². The lowest BCUT2D eigenvalue weighted by molar-refractivity contribution is 0.341. The van der Waals surface area contributed by atoms with Crippen molar-refractivity contribution in [1.29, 1.82) is 0 Å². The summed E-state index contributed by atoms with van der Waals surface area (Å²) >= 11 is 5.75. The zero-order chi connectivity index (χ0) is 10.6. The molecule has 0 radical (unpaired) electrons. The highest BCUT2D eigenvalue weighted by Gasteiger charge is 2.22. The van der Waals surface area contributed by atoms with E-state index in [4.69, 9.17) is 16.1 Å². The molecule has 1 unspecified atom stereocenters. The number of rotatable bonds is 4. The summed E-state index contributed by atoms with van der Waals surface area (Å²) in [4.78, 5) is 0. The fraction of sp³-hybridized carbons (Fsp3) is 0.400. The molecule has 0 N–H and O–H groups in total. The van der Waals surface area contributed by atoms with Gasteiger partial charge in [-0.2, -0.15) is 0 Å². The number of halogens is 1.